The van der Waals surface area contributed by atoms with Crippen molar-refractivity contribution in [2.24, 2.45) is 5.92 Å². The Kier molecular flexibility index (Phi) is 25.5. The van der Waals surface area contributed by atoms with E-state index in [2.05, 4.69) is 45.2 Å². The molecule has 172 valence electrons. The zero-order valence-electron chi connectivity index (χ0n) is 19.8. The molecule has 1 amide bonds. The number of amides is 1. The minimum Gasteiger partial charge on any atom is -0.483 e. The Morgan fingerprint density at radius 1 is 0.828 bits per heavy atom. The quantitative estimate of drug-likeness (QED) is 0.141. The second-order valence-corrected chi connectivity index (χ2v) is 8.54. The number of unbranched alkanes of at least 4 members (excludes halogenated alkanes) is 11. The molecule has 0 fully saturated rings. The SMILES string of the molecule is CCCCCCCC/C=C\CCCCCCCC(=O)NC(C)CC(C)C.O=CO. The number of carbonyl (C=O) groups is 2. The lowest BCUT2D eigenvalue weighted by Crippen LogP contribution is -2.33. The van der Waals surface area contributed by atoms with E-state index in [1.807, 2.05) is 0 Å². The zero-order valence-corrected chi connectivity index (χ0v) is 19.8. The molecule has 29 heavy (non-hydrogen) atoms. The average molecular weight is 412 g/mol. The molecule has 0 spiro atoms. The molecule has 0 aliphatic heterocycles. The fourth-order valence-corrected chi connectivity index (χ4v) is 3.47. The molecule has 0 radical (unpaired) electrons. The first kappa shape index (κ1) is 29.9. The molecule has 2 N–H and O–H groups in total. The summed E-state index contributed by atoms with van der Waals surface area (Å²) in [5, 5.41) is 10.0. The van der Waals surface area contributed by atoms with E-state index in [4.69, 9.17) is 9.90 Å². The predicted molar refractivity (Wildman–Crippen MR) is 125 cm³/mol. The molecule has 1 atom stereocenters. The fourth-order valence-electron chi connectivity index (χ4n) is 3.47. The minimum absolute atomic E-state index is 0.232. The smallest absolute Gasteiger partial charge is 0.290 e. The topological polar surface area (TPSA) is 66.4 Å². The number of rotatable bonds is 18. The van der Waals surface area contributed by atoms with Gasteiger partial charge in [0.05, 0.1) is 0 Å². The second kappa shape index (κ2) is 24.7. The van der Waals surface area contributed by atoms with Crippen molar-refractivity contribution in [2.45, 2.75) is 130 Å². The highest BCUT2D eigenvalue weighted by Gasteiger charge is 2.08. The van der Waals surface area contributed by atoms with Crippen LogP contribution in [0.5, 0.6) is 0 Å². The van der Waals surface area contributed by atoms with Gasteiger partial charge in [0, 0.05) is 12.5 Å². The number of hydrogen-bond acceptors (Lipinski definition) is 2. The van der Waals surface area contributed by atoms with Gasteiger partial charge in [0.2, 0.25) is 5.91 Å². The van der Waals surface area contributed by atoms with Crippen LogP contribution in [0.2, 0.25) is 0 Å². The van der Waals surface area contributed by atoms with Gasteiger partial charge < -0.3 is 10.4 Å². The largest absolute Gasteiger partial charge is 0.483 e. The van der Waals surface area contributed by atoms with Gasteiger partial charge in [-0.05, 0) is 51.4 Å². The summed E-state index contributed by atoms with van der Waals surface area (Å²) < 4.78 is 0. The number of nitrogens with one attached hydrogen (secondary N) is 1. The van der Waals surface area contributed by atoms with Crippen LogP contribution in [0, 0.1) is 5.92 Å². The molecule has 0 aliphatic rings. The van der Waals surface area contributed by atoms with Crippen LogP contribution in [0.4, 0.5) is 0 Å². The molecule has 4 nitrogen and oxygen atoms in total. The van der Waals surface area contributed by atoms with Gasteiger partial charge in [-0.25, -0.2) is 0 Å². The molecule has 0 aliphatic carbocycles. The van der Waals surface area contributed by atoms with E-state index < -0.39 is 0 Å². The third-order valence-corrected chi connectivity index (χ3v) is 4.90. The summed E-state index contributed by atoms with van der Waals surface area (Å²) in [4.78, 5) is 20.2. The molecule has 0 saturated carbocycles. The van der Waals surface area contributed by atoms with E-state index >= 15 is 0 Å². The van der Waals surface area contributed by atoms with Gasteiger partial charge >= 0.3 is 0 Å². The maximum Gasteiger partial charge on any atom is 0.290 e. The Balaban J connectivity index is 0. The second-order valence-electron chi connectivity index (χ2n) is 8.54. The van der Waals surface area contributed by atoms with E-state index in [-0.39, 0.29) is 12.4 Å². The highest BCUT2D eigenvalue weighted by Crippen LogP contribution is 2.10. The van der Waals surface area contributed by atoms with Gasteiger partial charge in [-0.2, -0.15) is 0 Å². The molecule has 0 rings (SSSR count). The lowest BCUT2D eigenvalue weighted by Gasteiger charge is -2.15. The van der Waals surface area contributed by atoms with Crippen LogP contribution in [0.1, 0.15) is 124 Å². The number of carbonyl (C=O) groups excluding carboxylic acids is 1. The summed E-state index contributed by atoms with van der Waals surface area (Å²) in [5.74, 6) is 0.876. The normalized spacial score (nSPS) is 11.9. The monoisotopic (exact) mass is 411 g/mol. The van der Waals surface area contributed by atoms with Gasteiger partial charge in [-0.15, -0.1) is 0 Å². The van der Waals surface area contributed by atoms with Crippen LogP contribution < -0.4 is 5.32 Å². The highest BCUT2D eigenvalue weighted by atomic mass is 16.3. The maximum atomic E-state index is 11.8. The molecule has 4 heteroatoms. The lowest BCUT2D eigenvalue weighted by molar-refractivity contribution is -0.123. The van der Waals surface area contributed by atoms with Crippen LogP contribution in [0.25, 0.3) is 0 Å². The first-order valence-corrected chi connectivity index (χ1v) is 12.0. The van der Waals surface area contributed by atoms with E-state index in [9.17, 15) is 4.79 Å². The fraction of sp³-hybridized carbons (Fsp3) is 0.840. The van der Waals surface area contributed by atoms with Gasteiger partial charge in [0.25, 0.3) is 6.47 Å². The summed E-state index contributed by atoms with van der Waals surface area (Å²) in [6.45, 7) is 8.53. The Morgan fingerprint density at radius 2 is 1.28 bits per heavy atom. The van der Waals surface area contributed by atoms with E-state index in [1.54, 1.807) is 0 Å². The molecular formula is C25H49NO3. The summed E-state index contributed by atoms with van der Waals surface area (Å²) in [6, 6.07) is 0.311. The predicted octanol–water partition coefficient (Wildman–Crippen LogP) is 7.28. The van der Waals surface area contributed by atoms with E-state index in [0.29, 0.717) is 18.4 Å². The van der Waals surface area contributed by atoms with Crippen LogP contribution in [-0.2, 0) is 9.59 Å². The summed E-state index contributed by atoms with van der Waals surface area (Å²) >= 11 is 0. The molecule has 0 saturated heterocycles. The Hall–Kier alpha value is -1.32. The van der Waals surface area contributed by atoms with Crippen molar-refractivity contribution in [1.29, 1.82) is 0 Å². The number of hydrogen-bond donors (Lipinski definition) is 2. The highest BCUT2D eigenvalue weighted by molar-refractivity contribution is 5.76. The average Bonchev–Trinajstić information content (AvgIpc) is 2.64. The van der Waals surface area contributed by atoms with Crippen molar-refractivity contribution >= 4 is 12.4 Å². The first-order valence-electron chi connectivity index (χ1n) is 12.0. The van der Waals surface area contributed by atoms with Gasteiger partial charge in [0.15, 0.2) is 0 Å². The molecule has 1 unspecified atom stereocenters. The molecule has 0 aromatic rings. The Morgan fingerprint density at radius 3 is 1.76 bits per heavy atom. The van der Waals surface area contributed by atoms with Gasteiger partial charge in [-0.3, -0.25) is 9.59 Å². The van der Waals surface area contributed by atoms with Crippen LogP contribution in [0.3, 0.4) is 0 Å². The van der Waals surface area contributed by atoms with Crippen molar-refractivity contribution in [3.8, 4) is 0 Å². The minimum atomic E-state index is -0.250. The van der Waals surface area contributed by atoms with Crippen LogP contribution in [-0.4, -0.2) is 23.5 Å². The molecule has 0 bridgehead atoms. The number of carboxylic acid groups (broad SMARTS) is 1. The number of allylic oxidation sites excluding steroid dienone is 2. The standard InChI is InChI=1S/C24H47NO.CH2O2/c1-5-6-7-8-9-10-11-12-13-14-15-16-17-18-19-20-24(26)25-23(4)21-22(2)3;2-1-3/h12-13,22-23H,5-11,14-21H2,1-4H3,(H,25,26);1H,(H,2,3)/b13-12-;. The van der Waals surface area contributed by atoms with Crippen LogP contribution in [0.15, 0.2) is 12.2 Å². The first-order chi connectivity index (χ1) is 14.0. The van der Waals surface area contributed by atoms with Crippen molar-refractivity contribution in [3.05, 3.63) is 12.2 Å². The zero-order chi connectivity index (χ0) is 22.2. The summed E-state index contributed by atoms with van der Waals surface area (Å²) in [5.41, 5.74) is 0. The van der Waals surface area contributed by atoms with Crippen LogP contribution >= 0.6 is 0 Å². The van der Waals surface area contributed by atoms with Gasteiger partial charge in [0.1, 0.15) is 0 Å². The summed E-state index contributed by atoms with van der Waals surface area (Å²) in [6.07, 6.45) is 23.4. The third-order valence-electron chi connectivity index (χ3n) is 4.90. The van der Waals surface area contributed by atoms with Crippen molar-refractivity contribution in [1.82, 2.24) is 5.32 Å². The van der Waals surface area contributed by atoms with E-state index in [1.165, 1.54) is 77.0 Å². The Bertz CT molecular complexity index is 380. The molecular weight excluding hydrogens is 362 g/mol. The molecule has 0 aromatic carbocycles. The molecule has 0 aromatic heterocycles. The third kappa shape index (κ3) is 29.0. The Labute approximate surface area is 180 Å². The van der Waals surface area contributed by atoms with Crippen molar-refractivity contribution in [2.75, 3.05) is 0 Å². The van der Waals surface area contributed by atoms with Crippen molar-refractivity contribution < 1.29 is 14.7 Å². The lowest BCUT2D eigenvalue weighted by atomic mass is 10.0. The van der Waals surface area contributed by atoms with Crippen molar-refractivity contribution in [3.63, 3.8) is 0 Å². The maximum absolute atomic E-state index is 11.8. The molecule has 0 heterocycles. The van der Waals surface area contributed by atoms with Gasteiger partial charge in [-0.1, -0.05) is 84.3 Å². The summed E-state index contributed by atoms with van der Waals surface area (Å²) in [7, 11) is 0. The van der Waals surface area contributed by atoms with E-state index in [0.717, 1.165) is 12.8 Å².